The molecule has 0 radical (unpaired) electrons. The number of para-hydroxylation sites is 4. The first kappa shape index (κ1) is 74.5. The highest BCUT2D eigenvalue weighted by Gasteiger charge is 2.30. The first-order valence-electron chi connectivity index (χ1n) is 38.8. The fraction of sp³-hybridized carbons (Fsp3) is 0.790. The van der Waals surface area contributed by atoms with Crippen LogP contribution in [0.3, 0.4) is 0 Å². The molecule has 0 unspecified atom stereocenters. The fourth-order valence-electron chi connectivity index (χ4n) is 14.0. The Hall–Kier alpha value is -3.01. The van der Waals surface area contributed by atoms with Crippen molar-refractivity contribution in [1.29, 1.82) is 0 Å². The summed E-state index contributed by atoms with van der Waals surface area (Å²) >= 11 is 0. The van der Waals surface area contributed by atoms with Crippen LogP contribution in [0.2, 0.25) is 0 Å². The normalized spacial score (nSPS) is 12.6. The predicted molar refractivity (Wildman–Crippen MR) is 382 cm³/mol. The van der Waals surface area contributed by atoms with Gasteiger partial charge in [0.05, 0.1) is 24.5 Å². The molecular formula is C81H143N4+. The van der Waals surface area contributed by atoms with Gasteiger partial charge in [-0.1, -0.05) is 379 Å². The zero-order chi connectivity index (χ0) is 60.0. The van der Waals surface area contributed by atoms with Crippen molar-refractivity contribution in [2.45, 2.75) is 400 Å². The Balaban J connectivity index is 1.44. The molecule has 85 heavy (non-hydrogen) atoms. The summed E-state index contributed by atoms with van der Waals surface area (Å²) < 4.78 is 5.44. The lowest BCUT2D eigenvalue weighted by Gasteiger charge is -2.25. The van der Waals surface area contributed by atoms with Crippen LogP contribution in [0.25, 0.3) is 17.1 Å². The van der Waals surface area contributed by atoms with Crippen LogP contribution in [-0.2, 0) is 13.1 Å². The maximum absolute atomic E-state index is 2.72. The van der Waals surface area contributed by atoms with E-state index in [1.165, 1.54) is 394 Å². The zero-order valence-corrected chi connectivity index (χ0v) is 57.6. The van der Waals surface area contributed by atoms with Gasteiger partial charge in [0.2, 0.25) is 0 Å². The van der Waals surface area contributed by atoms with Gasteiger partial charge in [-0.3, -0.25) is 0 Å². The van der Waals surface area contributed by atoms with Gasteiger partial charge in [-0.05, 0) is 68.9 Å². The van der Waals surface area contributed by atoms with E-state index in [1.807, 2.05) is 0 Å². The molecule has 4 nitrogen and oxygen atoms in total. The Kier molecular flexibility index (Phi) is 47.3. The van der Waals surface area contributed by atoms with Gasteiger partial charge in [-0.15, -0.1) is 0 Å². The molecule has 486 valence electrons. The highest BCUT2D eigenvalue weighted by Crippen LogP contribution is 2.42. The molecule has 0 saturated heterocycles. The molecule has 2 heterocycles. The number of allylic oxidation sites excluding steroid dienone is 2. The van der Waals surface area contributed by atoms with Crippen molar-refractivity contribution in [3.8, 4) is 0 Å². The van der Waals surface area contributed by atoms with Gasteiger partial charge < -0.3 is 9.80 Å². The summed E-state index contributed by atoms with van der Waals surface area (Å²) in [5, 5.41) is 0. The average Bonchev–Trinajstić information content (AvgIpc) is 2.51. The lowest BCUT2D eigenvalue weighted by Crippen LogP contribution is -2.36. The molecule has 4 heteroatoms. The number of anilines is 2. The SMILES string of the molecule is CCCCCCCCCCCCCCCCN1C(=C/C=C/c2n(CCCCCCCCCCCCCCCC)c3ccccc3[n+]2CCCCCCCCCCCCCCCC)N(CCCCCCCCCCCCCCCC)c2ccccc21. The van der Waals surface area contributed by atoms with Crippen LogP contribution >= 0.6 is 0 Å². The third-order valence-electron chi connectivity index (χ3n) is 19.5. The third kappa shape index (κ3) is 34.5. The van der Waals surface area contributed by atoms with E-state index < -0.39 is 0 Å². The summed E-state index contributed by atoms with van der Waals surface area (Å²) in [5.41, 5.74) is 5.67. The Morgan fingerprint density at radius 1 is 0.294 bits per heavy atom. The fourth-order valence-corrected chi connectivity index (χ4v) is 14.0. The predicted octanol–water partition coefficient (Wildman–Crippen LogP) is 27.0. The highest BCUT2D eigenvalue weighted by molar-refractivity contribution is 5.83. The topological polar surface area (TPSA) is 15.3 Å². The molecule has 1 aliphatic rings. The van der Waals surface area contributed by atoms with Crippen molar-refractivity contribution in [2.24, 2.45) is 0 Å². The molecule has 1 aliphatic heterocycles. The second-order valence-corrected chi connectivity index (χ2v) is 27.2. The molecule has 0 amide bonds. The van der Waals surface area contributed by atoms with Gasteiger partial charge in [0, 0.05) is 19.2 Å². The minimum absolute atomic E-state index is 1.10. The number of hydrogen-bond acceptors (Lipinski definition) is 2. The van der Waals surface area contributed by atoms with Crippen molar-refractivity contribution in [2.75, 3.05) is 22.9 Å². The van der Waals surface area contributed by atoms with Gasteiger partial charge in [0.25, 0.3) is 5.82 Å². The summed E-state index contributed by atoms with van der Waals surface area (Å²) in [6.07, 6.45) is 86.1. The number of benzene rings is 2. The minimum atomic E-state index is 1.10. The molecule has 0 spiro atoms. The molecule has 0 N–H and O–H groups in total. The highest BCUT2D eigenvalue weighted by atomic mass is 15.4. The summed E-state index contributed by atoms with van der Waals surface area (Å²) in [7, 11) is 0. The molecule has 2 aromatic carbocycles. The summed E-state index contributed by atoms with van der Waals surface area (Å²) in [6, 6.07) is 18.8. The van der Waals surface area contributed by atoms with E-state index in [2.05, 4.69) is 113 Å². The van der Waals surface area contributed by atoms with Crippen LogP contribution in [0.4, 0.5) is 11.4 Å². The minimum Gasteiger partial charge on any atom is -0.326 e. The lowest BCUT2D eigenvalue weighted by molar-refractivity contribution is -0.674. The average molecular weight is 1170 g/mol. The van der Waals surface area contributed by atoms with Crippen LogP contribution < -0.4 is 14.4 Å². The third-order valence-corrected chi connectivity index (χ3v) is 19.5. The quantitative estimate of drug-likeness (QED) is 0.0413. The second-order valence-electron chi connectivity index (χ2n) is 27.2. The van der Waals surface area contributed by atoms with E-state index in [1.54, 1.807) is 0 Å². The van der Waals surface area contributed by atoms with E-state index in [-0.39, 0.29) is 0 Å². The first-order valence-corrected chi connectivity index (χ1v) is 38.8. The number of fused-ring (bicyclic) bond motifs is 2. The van der Waals surface area contributed by atoms with E-state index in [9.17, 15) is 0 Å². The van der Waals surface area contributed by atoms with E-state index in [0.29, 0.717) is 0 Å². The Morgan fingerprint density at radius 2 is 0.565 bits per heavy atom. The van der Waals surface area contributed by atoms with Gasteiger partial charge in [-0.2, -0.15) is 0 Å². The molecule has 0 saturated carbocycles. The van der Waals surface area contributed by atoms with Crippen molar-refractivity contribution in [3.63, 3.8) is 0 Å². The second kappa shape index (κ2) is 54.0. The number of unbranched alkanes of at least 4 members (excludes halogenated alkanes) is 52. The standard InChI is InChI=1S/C81H143N4/c1-5-9-13-17-21-25-29-33-37-41-45-49-53-61-72-82-76-66-57-58-67-77(76)83(73-62-54-50-46-42-38-34-30-26-22-18-14-10-6-2)80(82)70-65-71-81-84(74-63-55-51-47-43-39-35-31-27-23-19-15-11-7-3)78-68-59-60-69-79(78)85(81)75-64-56-52-48-44-40-36-32-28-24-20-16-12-8-4/h57-60,65-71H,5-56,61-64,72-75H2,1-4H3/q+1. The maximum Gasteiger partial charge on any atom is 0.282 e. The van der Waals surface area contributed by atoms with Gasteiger partial charge in [0.15, 0.2) is 11.0 Å². The molecule has 0 aliphatic carbocycles. The molecule has 0 bridgehead atoms. The van der Waals surface area contributed by atoms with Crippen LogP contribution in [-0.4, -0.2) is 17.7 Å². The van der Waals surface area contributed by atoms with E-state index in [4.69, 9.17) is 0 Å². The van der Waals surface area contributed by atoms with Crippen molar-refractivity contribution in [1.82, 2.24) is 4.57 Å². The molecule has 3 aromatic rings. The lowest BCUT2D eigenvalue weighted by atomic mass is 10.0. The van der Waals surface area contributed by atoms with Crippen LogP contribution in [0.1, 0.15) is 393 Å². The number of hydrogen-bond donors (Lipinski definition) is 0. The Bertz CT molecular complexity index is 1880. The smallest absolute Gasteiger partial charge is 0.282 e. The number of aromatic nitrogens is 2. The molecule has 1 aromatic heterocycles. The Morgan fingerprint density at radius 3 is 0.894 bits per heavy atom. The van der Waals surface area contributed by atoms with E-state index in [0.717, 1.165) is 26.2 Å². The summed E-state index contributed by atoms with van der Waals surface area (Å²) in [4.78, 5) is 5.44. The number of aryl methyl sites for hydroxylation is 2. The van der Waals surface area contributed by atoms with Crippen LogP contribution in [0.15, 0.2) is 66.5 Å². The number of imidazole rings is 1. The van der Waals surface area contributed by atoms with Crippen molar-refractivity contribution in [3.05, 3.63) is 72.3 Å². The number of rotatable bonds is 62. The largest absolute Gasteiger partial charge is 0.326 e. The summed E-state index contributed by atoms with van der Waals surface area (Å²) in [5.74, 6) is 2.80. The van der Waals surface area contributed by atoms with Gasteiger partial charge in [0.1, 0.15) is 5.82 Å². The van der Waals surface area contributed by atoms with Crippen LogP contribution in [0.5, 0.6) is 0 Å². The molecule has 0 atom stereocenters. The molecule has 0 fully saturated rings. The monoisotopic (exact) mass is 1170 g/mol. The van der Waals surface area contributed by atoms with E-state index >= 15 is 0 Å². The van der Waals surface area contributed by atoms with Gasteiger partial charge in [-0.25, -0.2) is 9.13 Å². The number of nitrogens with zero attached hydrogens (tertiary/aromatic N) is 4. The zero-order valence-electron chi connectivity index (χ0n) is 57.6. The Labute approximate surface area is 530 Å². The van der Waals surface area contributed by atoms with Gasteiger partial charge >= 0.3 is 0 Å². The van der Waals surface area contributed by atoms with Crippen LogP contribution in [0, 0.1) is 0 Å². The molecule has 4 rings (SSSR count). The first-order chi connectivity index (χ1) is 42.2. The maximum atomic E-state index is 2.72. The summed E-state index contributed by atoms with van der Waals surface area (Å²) in [6.45, 7) is 13.7. The molecular weight excluding hydrogens is 1030 g/mol. The van der Waals surface area contributed by atoms with Crippen molar-refractivity contribution < 1.29 is 4.57 Å². The van der Waals surface area contributed by atoms with Crippen molar-refractivity contribution >= 4 is 28.5 Å².